The van der Waals surface area contributed by atoms with E-state index in [2.05, 4.69) is 0 Å². The molecular weight excluding hydrogens is 316 g/mol. The van der Waals surface area contributed by atoms with Crippen LogP contribution in [0.3, 0.4) is 0 Å². The van der Waals surface area contributed by atoms with Gasteiger partial charge in [0.2, 0.25) is 0 Å². The van der Waals surface area contributed by atoms with Gasteiger partial charge in [0, 0.05) is 35.4 Å². The summed E-state index contributed by atoms with van der Waals surface area (Å²) in [6.07, 6.45) is 0.926. The van der Waals surface area contributed by atoms with Crippen LogP contribution in [0.1, 0.15) is 31.8 Å². The van der Waals surface area contributed by atoms with Crippen molar-refractivity contribution in [3.05, 3.63) is 66.7 Å². The fourth-order valence-electron chi connectivity index (χ4n) is 2.67. The molecule has 0 fully saturated rings. The van der Waals surface area contributed by atoms with E-state index in [1.807, 2.05) is 0 Å². The van der Waals surface area contributed by atoms with E-state index in [0.29, 0.717) is 34.8 Å². The first kappa shape index (κ1) is 16.9. The molecule has 0 aliphatic heterocycles. The van der Waals surface area contributed by atoms with Gasteiger partial charge < -0.3 is 0 Å². The highest BCUT2D eigenvalue weighted by molar-refractivity contribution is 5.98. The van der Waals surface area contributed by atoms with Gasteiger partial charge in [-0.3, -0.25) is 29.8 Å². The minimum absolute atomic E-state index is 0.0433. The fraction of sp³-hybridized carbons (Fsp3) is 0.125. The number of nitrogens with zero attached hydrogens (tertiary/aromatic N) is 2. The lowest BCUT2D eigenvalue weighted by Gasteiger charge is -2.14. The number of hydrogen-bond acceptors (Lipinski definition) is 6. The number of carbonyl (C=O) groups is 2. The van der Waals surface area contributed by atoms with E-state index in [9.17, 15) is 29.8 Å². The molecule has 2 rings (SSSR count). The zero-order chi connectivity index (χ0) is 18.0. The van der Waals surface area contributed by atoms with E-state index in [1.54, 1.807) is 13.8 Å². The van der Waals surface area contributed by atoms with Crippen LogP contribution in [0.5, 0.6) is 0 Å². The van der Waals surface area contributed by atoms with Gasteiger partial charge >= 0.3 is 0 Å². The number of carbonyl (C=O) groups excluding carboxylic acids is 2. The quantitative estimate of drug-likeness (QED) is 0.471. The molecule has 8 nitrogen and oxygen atoms in total. The molecule has 0 N–H and O–H groups in total. The molecule has 0 atom stereocenters. The van der Waals surface area contributed by atoms with E-state index in [-0.39, 0.29) is 22.5 Å². The number of benzene rings is 2. The lowest BCUT2D eigenvalue weighted by Crippen LogP contribution is -2.02. The summed E-state index contributed by atoms with van der Waals surface area (Å²) >= 11 is 0. The van der Waals surface area contributed by atoms with Gasteiger partial charge in [0.1, 0.15) is 0 Å². The molecule has 2 aromatic carbocycles. The Morgan fingerprint density at radius 2 is 1.08 bits per heavy atom. The zero-order valence-corrected chi connectivity index (χ0v) is 12.8. The van der Waals surface area contributed by atoms with Gasteiger partial charge in [-0.2, -0.15) is 0 Å². The molecule has 0 spiro atoms. The molecule has 0 heterocycles. The van der Waals surface area contributed by atoms with Crippen LogP contribution >= 0.6 is 0 Å². The van der Waals surface area contributed by atoms with E-state index in [1.165, 1.54) is 12.1 Å². The predicted octanol–water partition coefficient (Wildman–Crippen LogP) is 3.41. The van der Waals surface area contributed by atoms with Gasteiger partial charge in [-0.1, -0.05) is 0 Å². The van der Waals surface area contributed by atoms with Crippen molar-refractivity contribution in [2.45, 2.75) is 13.8 Å². The largest absolute Gasteiger partial charge is 0.298 e. The van der Waals surface area contributed by atoms with E-state index in [0.717, 1.165) is 12.1 Å². The highest BCUT2D eigenvalue weighted by Crippen LogP contribution is 2.36. The molecule has 2 aromatic rings. The number of hydrogen-bond donors (Lipinski definition) is 0. The summed E-state index contributed by atoms with van der Waals surface area (Å²) in [5, 5.41) is 21.9. The first-order valence-corrected chi connectivity index (χ1v) is 6.79. The second kappa shape index (κ2) is 6.37. The summed E-state index contributed by atoms with van der Waals surface area (Å²) in [4.78, 5) is 43.4. The number of aryl methyl sites for hydroxylation is 2. The van der Waals surface area contributed by atoms with Crippen LogP contribution in [-0.4, -0.2) is 22.4 Å². The monoisotopic (exact) mass is 328 g/mol. The minimum Gasteiger partial charge on any atom is -0.298 e. The molecule has 0 saturated carbocycles. The molecule has 8 heteroatoms. The van der Waals surface area contributed by atoms with Crippen LogP contribution in [0.15, 0.2) is 24.3 Å². The Kier molecular flexibility index (Phi) is 4.50. The first-order valence-electron chi connectivity index (χ1n) is 6.79. The van der Waals surface area contributed by atoms with Crippen molar-refractivity contribution >= 4 is 23.9 Å². The Labute approximate surface area is 136 Å². The van der Waals surface area contributed by atoms with Gasteiger partial charge in [-0.25, -0.2) is 0 Å². The Morgan fingerprint density at radius 3 is 1.33 bits per heavy atom. The van der Waals surface area contributed by atoms with Crippen LogP contribution in [0, 0.1) is 34.1 Å². The van der Waals surface area contributed by atoms with Crippen molar-refractivity contribution in [2.75, 3.05) is 0 Å². The molecular formula is C16H12N2O6. The van der Waals surface area contributed by atoms with Crippen LogP contribution in [0.25, 0.3) is 11.1 Å². The Bertz CT molecular complexity index is 815. The molecule has 0 aromatic heterocycles. The Hall–Kier alpha value is -3.42. The number of aldehydes is 2. The molecule has 0 aliphatic rings. The molecule has 0 amide bonds. The normalized spacial score (nSPS) is 10.2. The van der Waals surface area contributed by atoms with Gasteiger partial charge in [0.15, 0.2) is 12.6 Å². The van der Waals surface area contributed by atoms with Crippen LogP contribution in [0.2, 0.25) is 0 Å². The molecule has 122 valence electrons. The van der Waals surface area contributed by atoms with Crippen molar-refractivity contribution < 1.29 is 19.4 Å². The summed E-state index contributed by atoms with van der Waals surface area (Å²) in [6, 6.07) is 4.81. The van der Waals surface area contributed by atoms with Crippen molar-refractivity contribution in [1.29, 1.82) is 0 Å². The highest BCUT2D eigenvalue weighted by Gasteiger charge is 2.21. The maximum absolute atomic E-state index is 11.4. The third-order valence-corrected chi connectivity index (χ3v) is 3.63. The third-order valence-electron chi connectivity index (χ3n) is 3.63. The SMILES string of the molecule is Cc1cc([N+](=O)[O-])cc(C=O)c1-c1c(C)cc([N+](=O)[O-])cc1C=O. The van der Waals surface area contributed by atoms with Crippen LogP contribution < -0.4 is 0 Å². The van der Waals surface area contributed by atoms with Gasteiger partial charge in [0.05, 0.1) is 9.85 Å². The fourth-order valence-corrected chi connectivity index (χ4v) is 2.67. The van der Waals surface area contributed by atoms with E-state index < -0.39 is 9.85 Å². The number of nitro benzene ring substituents is 2. The number of non-ortho nitro benzene ring substituents is 2. The standard InChI is InChI=1S/C16H12N2O6/c1-9-3-13(17(21)22)5-11(7-19)15(9)16-10(2)4-14(18(23)24)6-12(16)8-20/h3-8H,1-2H3. The van der Waals surface area contributed by atoms with Gasteiger partial charge in [-0.05, 0) is 36.1 Å². The predicted molar refractivity (Wildman–Crippen MR) is 85.4 cm³/mol. The van der Waals surface area contributed by atoms with E-state index in [4.69, 9.17) is 0 Å². The van der Waals surface area contributed by atoms with Crippen LogP contribution in [-0.2, 0) is 0 Å². The third kappa shape index (κ3) is 2.89. The Balaban J connectivity index is 2.86. The van der Waals surface area contributed by atoms with E-state index >= 15 is 0 Å². The van der Waals surface area contributed by atoms with Gasteiger partial charge in [0.25, 0.3) is 11.4 Å². The topological polar surface area (TPSA) is 120 Å². The number of rotatable bonds is 5. The zero-order valence-electron chi connectivity index (χ0n) is 12.8. The number of nitro groups is 2. The first-order chi connectivity index (χ1) is 11.3. The lowest BCUT2D eigenvalue weighted by atomic mass is 9.88. The van der Waals surface area contributed by atoms with Crippen molar-refractivity contribution in [3.63, 3.8) is 0 Å². The van der Waals surface area contributed by atoms with Crippen molar-refractivity contribution in [3.8, 4) is 11.1 Å². The highest BCUT2D eigenvalue weighted by atomic mass is 16.6. The Morgan fingerprint density at radius 1 is 0.750 bits per heavy atom. The molecule has 0 bridgehead atoms. The smallest absolute Gasteiger partial charge is 0.270 e. The molecule has 0 unspecified atom stereocenters. The van der Waals surface area contributed by atoms with Crippen LogP contribution in [0.4, 0.5) is 11.4 Å². The second-order valence-electron chi connectivity index (χ2n) is 5.20. The van der Waals surface area contributed by atoms with Crippen molar-refractivity contribution in [1.82, 2.24) is 0 Å². The lowest BCUT2D eigenvalue weighted by molar-refractivity contribution is -0.385. The molecule has 24 heavy (non-hydrogen) atoms. The average Bonchev–Trinajstić information content (AvgIpc) is 2.53. The van der Waals surface area contributed by atoms with Gasteiger partial charge in [-0.15, -0.1) is 0 Å². The summed E-state index contributed by atoms with van der Waals surface area (Å²) in [6.45, 7) is 3.15. The summed E-state index contributed by atoms with van der Waals surface area (Å²) in [7, 11) is 0. The maximum Gasteiger partial charge on any atom is 0.270 e. The second-order valence-corrected chi connectivity index (χ2v) is 5.20. The summed E-state index contributed by atoms with van der Waals surface area (Å²) in [5.74, 6) is 0. The minimum atomic E-state index is -0.618. The summed E-state index contributed by atoms with van der Waals surface area (Å²) < 4.78 is 0. The molecule has 0 aliphatic carbocycles. The summed E-state index contributed by atoms with van der Waals surface area (Å²) in [5.41, 5.74) is 1.15. The average molecular weight is 328 g/mol. The maximum atomic E-state index is 11.4. The molecule has 0 radical (unpaired) electrons. The molecule has 0 saturated heterocycles. The van der Waals surface area contributed by atoms with Crippen molar-refractivity contribution in [2.24, 2.45) is 0 Å².